The number of aliphatic carboxylic acids is 1. The fourth-order valence-electron chi connectivity index (χ4n) is 2.89. The highest BCUT2D eigenvalue weighted by molar-refractivity contribution is 5.99. The molecule has 0 spiro atoms. The Morgan fingerprint density at radius 3 is 2.80 bits per heavy atom. The van der Waals surface area contributed by atoms with Crippen LogP contribution in [0.5, 0.6) is 0 Å². The SMILES string of the molecule is Cc1nn(C)c(N2CCC(CCC(=O)O)C2)c1C(N)=O. The van der Waals surface area contributed by atoms with Crippen LogP contribution in [0.4, 0.5) is 5.82 Å². The van der Waals surface area contributed by atoms with Gasteiger partial charge in [-0.3, -0.25) is 14.3 Å². The third kappa shape index (κ3) is 2.76. The molecule has 20 heavy (non-hydrogen) atoms. The van der Waals surface area contributed by atoms with E-state index >= 15 is 0 Å². The van der Waals surface area contributed by atoms with Crippen molar-refractivity contribution in [1.29, 1.82) is 0 Å². The predicted octanol–water partition coefficient (Wildman–Crippen LogP) is 0.519. The first-order valence-electron chi connectivity index (χ1n) is 6.70. The van der Waals surface area contributed by atoms with Crippen molar-refractivity contribution in [2.75, 3.05) is 18.0 Å². The molecule has 1 amide bonds. The van der Waals surface area contributed by atoms with Crippen LogP contribution in [-0.4, -0.2) is 39.9 Å². The smallest absolute Gasteiger partial charge is 0.303 e. The molecule has 1 unspecified atom stereocenters. The van der Waals surface area contributed by atoms with Crippen LogP contribution in [0.2, 0.25) is 0 Å². The molecule has 2 rings (SSSR count). The van der Waals surface area contributed by atoms with E-state index in [4.69, 9.17) is 10.8 Å². The number of carbonyl (C=O) groups is 2. The van der Waals surface area contributed by atoms with Crippen LogP contribution in [0.25, 0.3) is 0 Å². The lowest BCUT2D eigenvalue weighted by Gasteiger charge is -2.19. The van der Waals surface area contributed by atoms with Crippen LogP contribution in [0, 0.1) is 12.8 Å². The number of hydrogen-bond donors (Lipinski definition) is 2. The summed E-state index contributed by atoms with van der Waals surface area (Å²) in [5.74, 6) is -0.160. The predicted molar refractivity (Wildman–Crippen MR) is 73.7 cm³/mol. The van der Waals surface area contributed by atoms with Gasteiger partial charge in [0.25, 0.3) is 5.91 Å². The van der Waals surface area contributed by atoms with Crippen LogP contribution in [0.15, 0.2) is 0 Å². The van der Waals surface area contributed by atoms with Gasteiger partial charge in [0.2, 0.25) is 0 Å². The molecule has 1 saturated heterocycles. The van der Waals surface area contributed by atoms with Gasteiger partial charge in [0, 0.05) is 26.6 Å². The third-order valence-corrected chi connectivity index (χ3v) is 3.79. The van der Waals surface area contributed by atoms with Gasteiger partial charge in [-0.2, -0.15) is 5.10 Å². The second kappa shape index (κ2) is 5.52. The molecule has 1 atom stereocenters. The van der Waals surface area contributed by atoms with E-state index < -0.39 is 11.9 Å². The van der Waals surface area contributed by atoms with Crippen molar-refractivity contribution < 1.29 is 14.7 Å². The monoisotopic (exact) mass is 280 g/mol. The van der Waals surface area contributed by atoms with Crippen molar-refractivity contribution in [2.24, 2.45) is 18.7 Å². The molecule has 0 radical (unpaired) electrons. The average Bonchev–Trinajstić information content (AvgIpc) is 2.90. The second-order valence-corrected chi connectivity index (χ2v) is 5.31. The van der Waals surface area contributed by atoms with E-state index in [0.29, 0.717) is 23.6 Å². The van der Waals surface area contributed by atoms with E-state index in [-0.39, 0.29) is 6.42 Å². The molecule has 1 aromatic heterocycles. The zero-order valence-electron chi connectivity index (χ0n) is 11.8. The highest BCUT2D eigenvalue weighted by Crippen LogP contribution is 2.30. The van der Waals surface area contributed by atoms with E-state index in [1.54, 1.807) is 18.7 Å². The summed E-state index contributed by atoms with van der Waals surface area (Å²) in [6, 6.07) is 0. The number of nitrogens with zero attached hydrogens (tertiary/aromatic N) is 3. The van der Waals surface area contributed by atoms with Crippen molar-refractivity contribution in [3.8, 4) is 0 Å². The molecule has 1 aromatic rings. The quantitative estimate of drug-likeness (QED) is 0.818. The van der Waals surface area contributed by atoms with Crippen molar-refractivity contribution in [1.82, 2.24) is 9.78 Å². The fraction of sp³-hybridized carbons (Fsp3) is 0.615. The first-order chi connectivity index (χ1) is 9.40. The molecule has 0 aromatic carbocycles. The summed E-state index contributed by atoms with van der Waals surface area (Å²) >= 11 is 0. The Morgan fingerprint density at radius 1 is 1.50 bits per heavy atom. The maximum Gasteiger partial charge on any atom is 0.303 e. The Bertz CT molecular complexity index is 538. The lowest BCUT2D eigenvalue weighted by Crippen LogP contribution is -2.26. The number of aromatic nitrogens is 2. The molecule has 7 nitrogen and oxygen atoms in total. The van der Waals surface area contributed by atoms with Crippen LogP contribution in [-0.2, 0) is 11.8 Å². The molecule has 3 N–H and O–H groups in total. The van der Waals surface area contributed by atoms with Gasteiger partial charge in [-0.15, -0.1) is 0 Å². The van der Waals surface area contributed by atoms with Gasteiger partial charge >= 0.3 is 5.97 Å². The summed E-state index contributed by atoms with van der Waals surface area (Å²) in [4.78, 5) is 24.3. The first-order valence-corrected chi connectivity index (χ1v) is 6.70. The molecule has 0 bridgehead atoms. The van der Waals surface area contributed by atoms with Gasteiger partial charge in [0.15, 0.2) is 0 Å². The number of rotatable bonds is 5. The number of amides is 1. The maximum atomic E-state index is 11.6. The van der Waals surface area contributed by atoms with E-state index in [0.717, 1.165) is 25.3 Å². The van der Waals surface area contributed by atoms with Crippen LogP contribution in [0.3, 0.4) is 0 Å². The number of carboxylic acid groups (broad SMARTS) is 1. The summed E-state index contributed by atoms with van der Waals surface area (Å²) in [7, 11) is 1.79. The largest absolute Gasteiger partial charge is 0.481 e. The van der Waals surface area contributed by atoms with Gasteiger partial charge in [0.05, 0.1) is 5.69 Å². The standard InChI is InChI=1S/C13H20N4O3/c1-8-11(12(14)20)13(16(2)15-8)17-6-5-9(7-17)3-4-10(18)19/h9H,3-7H2,1-2H3,(H2,14,20)(H,18,19). The molecule has 110 valence electrons. The topological polar surface area (TPSA) is 101 Å². The first kappa shape index (κ1) is 14.4. The molecule has 2 heterocycles. The summed E-state index contributed by atoms with van der Waals surface area (Å²) in [5.41, 5.74) is 6.53. The second-order valence-electron chi connectivity index (χ2n) is 5.31. The highest BCUT2D eigenvalue weighted by atomic mass is 16.4. The molecule has 1 aliphatic rings. The lowest BCUT2D eigenvalue weighted by atomic mass is 10.0. The lowest BCUT2D eigenvalue weighted by molar-refractivity contribution is -0.137. The molecule has 1 aliphatic heterocycles. The number of carbonyl (C=O) groups excluding carboxylic acids is 1. The normalized spacial score (nSPS) is 18.5. The van der Waals surface area contributed by atoms with Crippen molar-refractivity contribution in [3.63, 3.8) is 0 Å². The van der Waals surface area contributed by atoms with Crippen molar-refractivity contribution in [2.45, 2.75) is 26.2 Å². The Morgan fingerprint density at radius 2 is 2.20 bits per heavy atom. The summed E-state index contributed by atoms with van der Waals surface area (Å²) < 4.78 is 1.68. The molecule has 7 heteroatoms. The Labute approximate surface area is 117 Å². The van der Waals surface area contributed by atoms with Gasteiger partial charge in [-0.05, 0) is 25.7 Å². The number of hydrogen-bond acceptors (Lipinski definition) is 4. The zero-order chi connectivity index (χ0) is 14.9. The zero-order valence-corrected chi connectivity index (χ0v) is 11.8. The minimum atomic E-state index is -0.766. The summed E-state index contributed by atoms with van der Waals surface area (Å²) in [5, 5.41) is 13.0. The molecule has 1 fully saturated rings. The van der Waals surface area contributed by atoms with Gasteiger partial charge in [-0.1, -0.05) is 0 Å². The van der Waals surface area contributed by atoms with Gasteiger partial charge < -0.3 is 15.7 Å². The van der Waals surface area contributed by atoms with E-state index in [1.807, 2.05) is 0 Å². The Kier molecular flexibility index (Phi) is 3.96. The number of anilines is 1. The van der Waals surface area contributed by atoms with E-state index in [2.05, 4.69) is 10.00 Å². The van der Waals surface area contributed by atoms with E-state index in [1.165, 1.54) is 0 Å². The van der Waals surface area contributed by atoms with Crippen LogP contribution < -0.4 is 10.6 Å². The number of primary amides is 1. The molecular weight excluding hydrogens is 260 g/mol. The summed E-state index contributed by atoms with van der Waals surface area (Å²) in [6.07, 6.45) is 1.77. The van der Waals surface area contributed by atoms with Crippen molar-refractivity contribution >= 4 is 17.7 Å². The fourth-order valence-corrected chi connectivity index (χ4v) is 2.89. The molecule has 0 aliphatic carbocycles. The van der Waals surface area contributed by atoms with Gasteiger partial charge in [-0.25, -0.2) is 0 Å². The van der Waals surface area contributed by atoms with Gasteiger partial charge in [0.1, 0.15) is 11.4 Å². The van der Waals surface area contributed by atoms with Crippen LogP contribution >= 0.6 is 0 Å². The number of carboxylic acids is 1. The average molecular weight is 280 g/mol. The number of aryl methyl sites for hydroxylation is 2. The Balaban J connectivity index is 2.14. The maximum absolute atomic E-state index is 11.6. The molecule has 0 saturated carbocycles. The molecular formula is C13H20N4O3. The van der Waals surface area contributed by atoms with Crippen LogP contribution in [0.1, 0.15) is 35.3 Å². The third-order valence-electron chi connectivity index (χ3n) is 3.79. The highest BCUT2D eigenvalue weighted by Gasteiger charge is 2.29. The minimum absolute atomic E-state index is 0.186. The van der Waals surface area contributed by atoms with Crippen molar-refractivity contribution in [3.05, 3.63) is 11.3 Å². The van der Waals surface area contributed by atoms with E-state index in [9.17, 15) is 9.59 Å². The number of nitrogens with two attached hydrogens (primary N) is 1. The minimum Gasteiger partial charge on any atom is -0.481 e. The summed E-state index contributed by atoms with van der Waals surface area (Å²) in [6.45, 7) is 3.30. The Hall–Kier alpha value is -2.05.